The number of amides is 1. The Hall–Kier alpha value is -2.21. The van der Waals surface area contributed by atoms with Gasteiger partial charge in [-0.2, -0.15) is 5.10 Å². The Bertz CT molecular complexity index is 668. The highest BCUT2D eigenvalue weighted by molar-refractivity contribution is 5.95. The summed E-state index contributed by atoms with van der Waals surface area (Å²) in [7, 11) is 0. The molecule has 5 nitrogen and oxygen atoms in total. The van der Waals surface area contributed by atoms with E-state index in [1.807, 2.05) is 0 Å². The molecule has 1 amide bonds. The summed E-state index contributed by atoms with van der Waals surface area (Å²) in [5.74, 6) is -0.606. The number of unbranched alkanes of at least 4 members (excludes halogenated alkanes) is 1. The Morgan fingerprint density at radius 3 is 2.83 bits per heavy atom. The van der Waals surface area contributed by atoms with Crippen LogP contribution in [0.15, 0.2) is 30.5 Å². The Balaban J connectivity index is 2.18. The highest BCUT2D eigenvalue weighted by Crippen LogP contribution is 2.17. The maximum atomic E-state index is 13.9. The largest absolute Gasteiger partial charge is 0.348 e. The van der Waals surface area contributed by atoms with Gasteiger partial charge in [0.15, 0.2) is 0 Å². The molecular formula is C17H23FN4O. The number of hydrogen-bond donors (Lipinski definition) is 2. The molecule has 1 unspecified atom stereocenters. The maximum Gasteiger partial charge on any atom is 0.255 e. The maximum absolute atomic E-state index is 13.9. The van der Waals surface area contributed by atoms with Crippen LogP contribution in [0.3, 0.4) is 0 Å². The molecule has 0 aliphatic heterocycles. The van der Waals surface area contributed by atoms with Crippen molar-refractivity contribution in [1.82, 2.24) is 15.1 Å². The van der Waals surface area contributed by atoms with Crippen molar-refractivity contribution in [1.29, 1.82) is 0 Å². The second-order valence-electron chi connectivity index (χ2n) is 5.56. The monoisotopic (exact) mass is 318 g/mol. The summed E-state index contributed by atoms with van der Waals surface area (Å²) in [6.07, 6.45) is 4.37. The van der Waals surface area contributed by atoms with Crippen molar-refractivity contribution >= 4 is 5.91 Å². The summed E-state index contributed by atoms with van der Waals surface area (Å²) in [6, 6.07) is 6.28. The van der Waals surface area contributed by atoms with Crippen molar-refractivity contribution in [3.05, 3.63) is 47.5 Å². The molecule has 3 N–H and O–H groups in total. The van der Waals surface area contributed by atoms with E-state index >= 15 is 0 Å². The fourth-order valence-corrected chi connectivity index (χ4v) is 2.46. The van der Waals surface area contributed by atoms with Crippen LogP contribution in [0.5, 0.6) is 0 Å². The van der Waals surface area contributed by atoms with Gasteiger partial charge in [0.25, 0.3) is 5.91 Å². The van der Waals surface area contributed by atoms with Crippen molar-refractivity contribution in [2.45, 2.75) is 39.2 Å². The summed E-state index contributed by atoms with van der Waals surface area (Å²) in [6.45, 7) is 4.24. The molecule has 6 heteroatoms. The predicted octanol–water partition coefficient (Wildman–Crippen LogP) is 2.57. The second-order valence-corrected chi connectivity index (χ2v) is 5.56. The van der Waals surface area contributed by atoms with E-state index in [9.17, 15) is 9.18 Å². The normalized spacial score (nSPS) is 12.2. The van der Waals surface area contributed by atoms with E-state index in [1.165, 1.54) is 16.9 Å². The molecule has 23 heavy (non-hydrogen) atoms. The molecule has 1 aromatic carbocycles. The number of rotatable bonds is 7. The van der Waals surface area contributed by atoms with Crippen molar-refractivity contribution < 1.29 is 9.18 Å². The van der Waals surface area contributed by atoms with Crippen molar-refractivity contribution in [3.8, 4) is 5.69 Å². The molecule has 0 saturated carbocycles. The number of carbonyl (C=O) groups is 1. The van der Waals surface area contributed by atoms with E-state index < -0.39 is 0 Å². The molecule has 0 spiro atoms. The fraction of sp³-hybridized carbons (Fsp3) is 0.412. The van der Waals surface area contributed by atoms with Crippen LogP contribution in [0.1, 0.15) is 42.2 Å². The average Bonchev–Trinajstić information content (AvgIpc) is 2.93. The lowest BCUT2D eigenvalue weighted by atomic mass is 10.1. The minimum absolute atomic E-state index is 0.0568. The molecule has 0 aliphatic rings. The van der Waals surface area contributed by atoms with Crippen LogP contribution in [0.2, 0.25) is 0 Å². The summed E-state index contributed by atoms with van der Waals surface area (Å²) in [4.78, 5) is 12.4. The smallest absolute Gasteiger partial charge is 0.255 e. The zero-order valence-electron chi connectivity index (χ0n) is 13.6. The molecule has 0 aliphatic carbocycles. The van der Waals surface area contributed by atoms with Crippen LogP contribution in [-0.4, -0.2) is 28.3 Å². The van der Waals surface area contributed by atoms with Gasteiger partial charge in [-0.25, -0.2) is 9.07 Å². The first-order valence-electron chi connectivity index (χ1n) is 7.89. The van der Waals surface area contributed by atoms with Crippen LogP contribution in [0.4, 0.5) is 4.39 Å². The third-order valence-electron chi connectivity index (χ3n) is 3.86. The molecule has 1 heterocycles. The number of benzene rings is 1. The lowest BCUT2D eigenvalue weighted by Crippen LogP contribution is -2.40. The third kappa shape index (κ3) is 3.96. The molecule has 0 saturated heterocycles. The Labute approximate surface area is 135 Å². The number of hydrogen-bond acceptors (Lipinski definition) is 3. The number of para-hydroxylation sites is 1. The Morgan fingerprint density at radius 2 is 2.17 bits per heavy atom. The topological polar surface area (TPSA) is 72.9 Å². The lowest BCUT2D eigenvalue weighted by Gasteiger charge is -2.16. The Morgan fingerprint density at radius 1 is 1.43 bits per heavy atom. The highest BCUT2D eigenvalue weighted by atomic mass is 19.1. The van der Waals surface area contributed by atoms with Gasteiger partial charge in [-0.15, -0.1) is 0 Å². The van der Waals surface area contributed by atoms with Crippen LogP contribution >= 0.6 is 0 Å². The molecule has 124 valence electrons. The van der Waals surface area contributed by atoms with Crippen molar-refractivity contribution in [2.24, 2.45) is 5.73 Å². The van der Waals surface area contributed by atoms with Crippen molar-refractivity contribution in [3.63, 3.8) is 0 Å². The van der Waals surface area contributed by atoms with E-state index in [4.69, 9.17) is 5.73 Å². The van der Waals surface area contributed by atoms with Gasteiger partial charge in [0, 0.05) is 12.6 Å². The highest BCUT2D eigenvalue weighted by Gasteiger charge is 2.19. The molecule has 0 fully saturated rings. The molecule has 1 aromatic heterocycles. The molecular weight excluding hydrogens is 295 g/mol. The second kappa shape index (κ2) is 7.87. The van der Waals surface area contributed by atoms with Gasteiger partial charge in [0.1, 0.15) is 11.5 Å². The van der Waals surface area contributed by atoms with E-state index in [1.54, 1.807) is 25.1 Å². The number of halogens is 1. The molecule has 1 atom stereocenters. The van der Waals surface area contributed by atoms with E-state index in [0.717, 1.165) is 19.3 Å². The number of carbonyl (C=O) groups excluding carboxylic acids is 1. The number of nitrogens with two attached hydrogens (primary N) is 1. The predicted molar refractivity (Wildman–Crippen MR) is 88.1 cm³/mol. The van der Waals surface area contributed by atoms with Gasteiger partial charge in [-0.1, -0.05) is 31.9 Å². The summed E-state index contributed by atoms with van der Waals surface area (Å²) >= 11 is 0. The minimum Gasteiger partial charge on any atom is -0.348 e. The van der Waals surface area contributed by atoms with Gasteiger partial charge in [0.2, 0.25) is 0 Å². The van der Waals surface area contributed by atoms with Gasteiger partial charge in [-0.05, 0) is 25.5 Å². The molecule has 0 radical (unpaired) electrons. The number of nitrogens with one attached hydrogen (secondary N) is 1. The quantitative estimate of drug-likeness (QED) is 0.824. The number of nitrogens with zero attached hydrogens (tertiary/aromatic N) is 2. The van der Waals surface area contributed by atoms with Gasteiger partial charge < -0.3 is 11.1 Å². The van der Waals surface area contributed by atoms with Crippen LogP contribution in [0.25, 0.3) is 5.69 Å². The van der Waals surface area contributed by atoms with Gasteiger partial charge in [-0.3, -0.25) is 4.79 Å². The van der Waals surface area contributed by atoms with Crippen LogP contribution < -0.4 is 11.1 Å². The molecule has 2 aromatic rings. The standard InChI is InChI=1S/C17H23FN4O/c1-3-4-7-13(10-19)21-17(23)14-11-20-22(12(14)2)16-9-6-5-8-15(16)18/h5-6,8-9,11,13H,3-4,7,10,19H2,1-2H3,(H,21,23). The van der Waals surface area contributed by atoms with E-state index in [2.05, 4.69) is 17.3 Å². The van der Waals surface area contributed by atoms with Gasteiger partial charge in [0.05, 0.1) is 17.5 Å². The zero-order valence-corrected chi connectivity index (χ0v) is 13.6. The summed E-state index contributed by atoms with van der Waals surface area (Å²) < 4.78 is 15.3. The minimum atomic E-state index is -0.381. The summed E-state index contributed by atoms with van der Waals surface area (Å²) in [5.41, 5.74) is 7.06. The Kier molecular flexibility index (Phi) is 5.87. The van der Waals surface area contributed by atoms with E-state index in [0.29, 0.717) is 23.5 Å². The van der Waals surface area contributed by atoms with Gasteiger partial charge >= 0.3 is 0 Å². The van der Waals surface area contributed by atoms with Crippen molar-refractivity contribution in [2.75, 3.05) is 6.54 Å². The SMILES string of the molecule is CCCCC(CN)NC(=O)c1cnn(-c2ccccc2F)c1C. The first-order valence-corrected chi connectivity index (χ1v) is 7.89. The van der Waals surface area contributed by atoms with Crippen LogP contribution in [-0.2, 0) is 0 Å². The first-order chi connectivity index (χ1) is 11.1. The van der Waals surface area contributed by atoms with Crippen LogP contribution in [0, 0.1) is 12.7 Å². The number of aromatic nitrogens is 2. The third-order valence-corrected chi connectivity index (χ3v) is 3.86. The molecule has 0 bridgehead atoms. The van der Waals surface area contributed by atoms with E-state index in [-0.39, 0.29) is 17.8 Å². The average molecular weight is 318 g/mol. The lowest BCUT2D eigenvalue weighted by molar-refractivity contribution is 0.0935. The molecule has 2 rings (SSSR count). The zero-order chi connectivity index (χ0) is 16.8. The summed E-state index contributed by atoms with van der Waals surface area (Å²) in [5, 5.41) is 7.07. The first kappa shape index (κ1) is 17.1. The fourth-order valence-electron chi connectivity index (χ4n) is 2.46.